The number of carbonyl (C=O) groups is 1. The molecular weight excluding hydrogens is 218 g/mol. The summed E-state index contributed by atoms with van der Waals surface area (Å²) in [5, 5.41) is 18.7. The van der Waals surface area contributed by atoms with Crippen LogP contribution in [-0.2, 0) is 11.2 Å². The quantitative estimate of drug-likeness (QED) is 0.745. The number of aliphatic carboxylic acids is 1. The Labute approximate surface area is 101 Å². The minimum absolute atomic E-state index is 0.285. The molecule has 0 aliphatic heterocycles. The van der Waals surface area contributed by atoms with E-state index in [2.05, 4.69) is 0 Å². The lowest BCUT2D eigenvalue weighted by Gasteiger charge is -2.18. The lowest BCUT2D eigenvalue weighted by Crippen LogP contribution is -2.33. The zero-order chi connectivity index (χ0) is 13.3. The van der Waals surface area contributed by atoms with E-state index in [1.54, 1.807) is 0 Å². The molecular formula is C13H19NO3. The molecule has 1 unspecified atom stereocenters. The first kappa shape index (κ1) is 13.5. The number of aromatic hydroxyl groups is 1. The number of rotatable bonds is 3. The molecule has 0 radical (unpaired) electrons. The average molecular weight is 237 g/mol. The summed E-state index contributed by atoms with van der Waals surface area (Å²) in [4.78, 5) is 10.8. The summed E-state index contributed by atoms with van der Waals surface area (Å²) >= 11 is 0. The van der Waals surface area contributed by atoms with E-state index in [0.29, 0.717) is 0 Å². The van der Waals surface area contributed by atoms with Gasteiger partial charge in [-0.2, -0.15) is 0 Å². The van der Waals surface area contributed by atoms with Gasteiger partial charge in [-0.05, 0) is 61.9 Å². The van der Waals surface area contributed by atoms with Crippen LogP contribution in [-0.4, -0.2) is 22.2 Å². The highest BCUT2D eigenvalue weighted by Crippen LogP contribution is 2.31. The number of hydrogen-bond acceptors (Lipinski definition) is 3. The Hall–Kier alpha value is -1.55. The summed E-state index contributed by atoms with van der Waals surface area (Å²) in [6, 6.07) is -0.907. The zero-order valence-corrected chi connectivity index (χ0v) is 10.7. The number of carboxylic acids is 1. The molecule has 1 aromatic carbocycles. The van der Waals surface area contributed by atoms with Gasteiger partial charge in [0.1, 0.15) is 11.8 Å². The number of nitrogens with two attached hydrogens (primary N) is 1. The fourth-order valence-corrected chi connectivity index (χ4v) is 1.98. The standard InChI is InChI=1S/C13H19NO3/c1-6-8(3)12(15)9(4)7(2)10(6)5-11(14)13(16)17/h11,15H,5,14H2,1-4H3,(H,16,17). The molecule has 4 N–H and O–H groups in total. The fraction of sp³-hybridized carbons (Fsp3) is 0.462. The van der Waals surface area contributed by atoms with Crippen LogP contribution in [0.2, 0.25) is 0 Å². The van der Waals surface area contributed by atoms with Crippen molar-refractivity contribution in [2.75, 3.05) is 0 Å². The first-order chi connectivity index (χ1) is 7.77. The fourth-order valence-electron chi connectivity index (χ4n) is 1.98. The third-order valence-corrected chi connectivity index (χ3v) is 3.48. The maximum Gasteiger partial charge on any atom is 0.320 e. The van der Waals surface area contributed by atoms with Crippen molar-refractivity contribution in [1.82, 2.24) is 0 Å². The molecule has 0 spiro atoms. The molecule has 0 bridgehead atoms. The topological polar surface area (TPSA) is 83.6 Å². The van der Waals surface area contributed by atoms with Gasteiger partial charge in [0.25, 0.3) is 0 Å². The zero-order valence-electron chi connectivity index (χ0n) is 10.7. The molecule has 4 nitrogen and oxygen atoms in total. The second-order valence-corrected chi connectivity index (χ2v) is 4.48. The lowest BCUT2D eigenvalue weighted by molar-refractivity contribution is -0.138. The van der Waals surface area contributed by atoms with E-state index in [-0.39, 0.29) is 12.2 Å². The molecule has 0 saturated heterocycles. The van der Waals surface area contributed by atoms with Crippen LogP contribution in [0.25, 0.3) is 0 Å². The summed E-state index contributed by atoms with van der Waals surface area (Å²) in [7, 11) is 0. The van der Waals surface area contributed by atoms with Gasteiger partial charge >= 0.3 is 5.97 Å². The van der Waals surface area contributed by atoms with Crippen LogP contribution < -0.4 is 5.73 Å². The normalized spacial score (nSPS) is 12.5. The minimum atomic E-state index is -1.01. The average Bonchev–Trinajstić information content (AvgIpc) is 2.29. The smallest absolute Gasteiger partial charge is 0.320 e. The van der Waals surface area contributed by atoms with Gasteiger partial charge in [0.05, 0.1) is 0 Å². The van der Waals surface area contributed by atoms with Gasteiger partial charge in [0, 0.05) is 0 Å². The maximum atomic E-state index is 10.8. The van der Waals surface area contributed by atoms with Gasteiger partial charge in [-0.3, -0.25) is 4.79 Å². The first-order valence-electron chi connectivity index (χ1n) is 5.54. The molecule has 0 aliphatic rings. The number of phenols is 1. The van der Waals surface area contributed by atoms with Crippen LogP contribution in [0.4, 0.5) is 0 Å². The van der Waals surface area contributed by atoms with Crippen molar-refractivity contribution >= 4 is 5.97 Å². The van der Waals surface area contributed by atoms with Crippen molar-refractivity contribution in [2.24, 2.45) is 5.73 Å². The Morgan fingerprint density at radius 2 is 1.53 bits per heavy atom. The summed E-state index contributed by atoms with van der Waals surface area (Å²) in [6.45, 7) is 7.41. The molecule has 1 aromatic rings. The Morgan fingerprint density at radius 3 is 1.88 bits per heavy atom. The van der Waals surface area contributed by atoms with E-state index < -0.39 is 12.0 Å². The number of hydrogen-bond donors (Lipinski definition) is 3. The van der Waals surface area contributed by atoms with Gasteiger partial charge in [-0.25, -0.2) is 0 Å². The minimum Gasteiger partial charge on any atom is -0.507 e. The first-order valence-corrected chi connectivity index (χ1v) is 5.54. The summed E-state index contributed by atoms with van der Waals surface area (Å²) < 4.78 is 0. The predicted octanol–water partition coefficient (Wildman–Crippen LogP) is 1.58. The van der Waals surface area contributed by atoms with Crippen molar-refractivity contribution in [3.8, 4) is 5.75 Å². The lowest BCUT2D eigenvalue weighted by atomic mass is 9.89. The second kappa shape index (κ2) is 4.75. The number of benzene rings is 1. The van der Waals surface area contributed by atoms with Crippen molar-refractivity contribution in [2.45, 2.75) is 40.2 Å². The molecule has 0 fully saturated rings. The summed E-state index contributed by atoms with van der Waals surface area (Å²) in [5.74, 6) is -0.722. The molecule has 0 amide bonds. The molecule has 0 heterocycles. The number of phenolic OH excluding ortho intramolecular Hbond substituents is 1. The maximum absolute atomic E-state index is 10.8. The second-order valence-electron chi connectivity index (χ2n) is 4.48. The van der Waals surface area contributed by atoms with Crippen molar-refractivity contribution in [1.29, 1.82) is 0 Å². The Kier molecular flexibility index (Phi) is 3.78. The van der Waals surface area contributed by atoms with Gasteiger partial charge in [0.15, 0.2) is 0 Å². The Morgan fingerprint density at radius 1 is 1.12 bits per heavy atom. The van der Waals surface area contributed by atoms with Crippen LogP contribution >= 0.6 is 0 Å². The molecule has 1 atom stereocenters. The highest BCUT2D eigenvalue weighted by Gasteiger charge is 2.19. The number of carboxylic acid groups (broad SMARTS) is 1. The highest BCUT2D eigenvalue weighted by molar-refractivity contribution is 5.74. The van der Waals surface area contributed by atoms with Gasteiger partial charge in [-0.15, -0.1) is 0 Å². The molecule has 17 heavy (non-hydrogen) atoms. The molecule has 0 aromatic heterocycles. The van der Waals surface area contributed by atoms with Crippen LogP contribution in [0.1, 0.15) is 27.8 Å². The summed E-state index contributed by atoms with van der Waals surface area (Å²) in [6.07, 6.45) is 0.287. The third-order valence-electron chi connectivity index (χ3n) is 3.48. The van der Waals surface area contributed by atoms with E-state index in [1.807, 2.05) is 27.7 Å². The molecule has 4 heteroatoms. The van der Waals surface area contributed by atoms with Crippen LogP contribution in [0, 0.1) is 27.7 Å². The van der Waals surface area contributed by atoms with Crippen molar-refractivity contribution in [3.05, 3.63) is 27.8 Å². The summed E-state index contributed by atoms with van der Waals surface area (Å²) in [5.41, 5.74) is 9.91. The Bertz CT molecular complexity index is 437. The van der Waals surface area contributed by atoms with E-state index >= 15 is 0 Å². The van der Waals surface area contributed by atoms with Gasteiger partial charge in [-0.1, -0.05) is 0 Å². The van der Waals surface area contributed by atoms with E-state index in [0.717, 1.165) is 27.8 Å². The predicted molar refractivity (Wildman–Crippen MR) is 66.4 cm³/mol. The van der Waals surface area contributed by atoms with E-state index in [4.69, 9.17) is 10.8 Å². The van der Waals surface area contributed by atoms with Gasteiger partial charge < -0.3 is 15.9 Å². The monoisotopic (exact) mass is 237 g/mol. The highest BCUT2D eigenvalue weighted by atomic mass is 16.4. The van der Waals surface area contributed by atoms with E-state index in [9.17, 15) is 9.90 Å². The van der Waals surface area contributed by atoms with Crippen LogP contribution in [0.5, 0.6) is 5.75 Å². The molecule has 0 saturated carbocycles. The van der Waals surface area contributed by atoms with Crippen molar-refractivity contribution in [3.63, 3.8) is 0 Å². The Balaban J connectivity index is 3.30. The van der Waals surface area contributed by atoms with Crippen LogP contribution in [0.3, 0.4) is 0 Å². The van der Waals surface area contributed by atoms with Gasteiger partial charge in [0.2, 0.25) is 0 Å². The third kappa shape index (κ3) is 2.42. The largest absolute Gasteiger partial charge is 0.507 e. The van der Waals surface area contributed by atoms with Crippen LogP contribution in [0.15, 0.2) is 0 Å². The molecule has 1 rings (SSSR count). The SMILES string of the molecule is Cc1c(C)c(CC(N)C(=O)O)c(C)c(C)c1O. The molecule has 0 aliphatic carbocycles. The molecule has 94 valence electrons. The van der Waals surface area contributed by atoms with E-state index in [1.165, 1.54) is 0 Å². The van der Waals surface area contributed by atoms with Crippen molar-refractivity contribution < 1.29 is 15.0 Å².